The number of pyridine rings is 4. The van der Waals surface area contributed by atoms with E-state index in [9.17, 15) is 0 Å². The molecule has 1 N–H and O–H groups in total. The van der Waals surface area contributed by atoms with Crippen LogP contribution >= 0.6 is 0 Å². The van der Waals surface area contributed by atoms with Crippen molar-refractivity contribution in [2.24, 2.45) is 0 Å². The molecule has 9 heterocycles. The Labute approximate surface area is 467 Å². The second-order valence-corrected chi connectivity index (χ2v) is 19.3. The standard InChI is InChI=1S/C40H26N8.C24H49.Ru.Zn/c1-5-19-41-31(9-1)37-34-18-17-29(47-34)24-28-14-13-26(45-28)23-27-15-16-30(46-27)25-35-38(32-10-2-6-20-42-32)39(33-11-3-7-21-43-33)40(37)48(35)36-12-4-8-22-44-36;1-3-5-7-9-11-13-15-17-19-21-23-24-22-20-18-16-14-12-10-8-6-4-2;;/h1-25,45H;1,3-24H2,2H3;;/q;-1;+1;. The topological polar surface area (TPSA) is 98.1 Å². The zero-order valence-electron chi connectivity index (χ0n) is 43.9. The van der Waals surface area contributed by atoms with Gasteiger partial charge in [-0.05, 0) is 103 Å². The zero-order chi connectivity index (χ0) is 49.4. The molecule has 0 atom stereocenters. The van der Waals surface area contributed by atoms with Gasteiger partial charge in [0.05, 0.1) is 56.5 Å². The van der Waals surface area contributed by atoms with E-state index in [4.69, 9.17) is 29.9 Å². The van der Waals surface area contributed by atoms with Crippen LogP contribution in [0, 0.1) is 6.92 Å². The van der Waals surface area contributed by atoms with Gasteiger partial charge in [0.2, 0.25) is 0 Å². The van der Waals surface area contributed by atoms with Gasteiger partial charge in [0.25, 0.3) is 0 Å². The fourth-order valence-corrected chi connectivity index (χ4v) is 9.92. The van der Waals surface area contributed by atoms with Gasteiger partial charge in [-0.3, -0.25) is 19.5 Å². The summed E-state index contributed by atoms with van der Waals surface area (Å²) in [4.78, 5) is 33.3. The van der Waals surface area contributed by atoms with E-state index in [1.165, 1.54) is 135 Å². The molecule has 0 saturated heterocycles. The molecule has 9 rings (SSSR count). The van der Waals surface area contributed by atoms with Crippen LogP contribution in [0.15, 0.2) is 128 Å². The second-order valence-electron chi connectivity index (χ2n) is 19.3. The Morgan fingerprint density at radius 2 is 0.851 bits per heavy atom. The number of H-pyrrole nitrogens is 1. The van der Waals surface area contributed by atoms with Crippen LogP contribution in [-0.4, -0.2) is 39.5 Å². The third kappa shape index (κ3) is 16.7. The predicted molar refractivity (Wildman–Crippen MR) is 304 cm³/mol. The number of aromatic nitrogens is 8. The van der Waals surface area contributed by atoms with Gasteiger partial charge in [-0.15, -0.1) is 0 Å². The number of nitrogens with zero attached hydrogens (tertiary/aromatic N) is 7. The van der Waals surface area contributed by atoms with Crippen LogP contribution in [0.25, 0.3) is 86.0 Å². The van der Waals surface area contributed by atoms with Crippen molar-refractivity contribution in [1.82, 2.24) is 39.5 Å². The van der Waals surface area contributed by atoms with E-state index in [0.29, 0.717) is 0 Å². The van der Waals surface area contributed by atoms with Crippen molar-refractivity contribution < 1.29 is 39.0 Å². The maximum atomic E-state index is 5.19. The Kier molecular flexibility index (Phi) is 25.0. The molecular formula is C64H75N8RuZn. The van der Waals surface area contributed by atoms with E-state index in [-0.39, 0.29) is 39.0 Å². The summed E-state index contributed by atoms with van der Waals surface area (Å²) in [6.45, 7) is 6.20. The number of fused-ring (bicyclic) bond motifs is 8. The number of unbranched alkanes of at least 4 members (excludes halogenated alkanes) is 21. The molecule has 10 heteroatoms. The molecule has 74 heavy (non-hydrogen) atoms. The smallest absolute Gasteiger partial charge is 0.355 e. The van der Waals surface area contributed by atoms with Gasteiger partial charge in [-0.25, -0.2) is 15.0 Å². The van der Waals surface area contributed by atoms with Gasteiger partial charge in [0, 0.05) is 66.4 Å². The predicted octanol–water partition coefficient (Wildman–Crippen LogP) is 18.1. The summed E-state index contributed by atoms with van der Waals surface area (Å²) >= 11 is 0. The summed E-state index contributed by atoms with van der Waals surface area (Å²) in [7, 11) is 0. The van der Waals surface area contributed by atoms with Crippen LogP contribution in [-0.2, 0) is 39.0 Å². The first-order valence-electron chi connectivity index (χ1n) is 27.3. The minimum atomic E-state index is 0. The summed E-state index contributed by atoms with van der Waals surface area (Å²) < 4.78 is 2.18. The van der Waals surface area contributed by atoms with E-state index in [1.54, 1.807) is 0 Å². The third-order valence-corrected chi connectivity index (χ3v) is 13.7. The third-order valence-electron chi connectivity index (χ3n) is 13.7. The normalized spacial score (nSPS) is 11.4. The van der Waals surface area contributed by atoms with Crippen molar-refractivity contribution in [1.29, 1.82) is 0 Å². The van der Waals surface area contributed by atoms with Crippen molar-refractivity contribution in [3.05, 3.63) is 158 Å². The van der Waals surface area contributed by atoms with E-state index in [0.717, 1.165) is 90.9 Å². The fraction of sp³-hybridized carbons (Fsp3) is 0.359. The number of rotatable bonds is 25. The molecule has 0 aromatic carbocycles. The van der Waals surface area contributed by atoms with Gasteiger partial charge in [0.1, 0.15) is 5.82 Å². The first-order valence-corrected chi connectivity index (χ1v) is 27.3. The summed E-state index contributed by atoms with van der Waals surface area (Å²) in [6, 6.07) is 34.1. The fourth-order valence-electron chi connectivity index (χ4n) is 9.92. The van der Waals surface area contributed by atoms with Gasteiger partial charge < -0.3 is 11.9 Å². The molecule has 2 aliphatic heterocycles. The van der Waals surface area contributed by atoms with Crippen molar-refractivity contribution in [2.45, 2.75) is 148 Å². The van der Waals surface area contributed by atoms with Crippen molar-refractivity contribution in [3.63, 3.8) is 0 Å². The molecule has 7 aromatic rings. The molecule has 0 amide bonds. The van der Waals surface area contributed by atoms with Crippen LogP contribution in [0.5, 0.6) is 0 Å². The number of hydrogen-bond donors (Lipinski definition) is 1. The Bertz CT molecular complexity index is 2930. The van der Waals surface area contributed by atoms with Crippen molar-refractivity contribution in [2.75, 3.05) is 0 Å². The Balaban J connectivity index is 0.000000295. The molecule has 0 spiro atoms. The number of hydrogen-bond acceptors (Lipinski definition) is 6. The van der Waals surface area contributed by atoms with Gasteiger partial charge in [-0.1, -0.05) is 166 Å². The molecule has 0 aliphatic carbocycles. The minimum absolute atomic E-state index is 0. The maximum Gasteiger partial charge on any atom is 1.00 e. The van der Waals surface area contributed by atoms with Gasteiger partial charge in [0.15, 0.2) is 0 Å². The molecular weight excluding hydrogens is 1050 g/mol. The van der Waals surface area contributed by atoms with E-state index in [1.807, 2.05) is 140 Å². The van der Waals surface area contributed by atoms with E-state index < -0.39 is 0 Å². The molecule has 0 fully saturated rings. The monoisotopic (exact) mass is 1120 g/mol. The number of aromatic amines is 1. The molecule has 7 aromatic heterocycles. The van der Waals surface area contributed by atoms with Crippen molar-refractivity contribution >= 4 is 46.4 Å². The first-order chi connectivity index (χ1) is 35.7. The van der Waals surface area contributed by atoms with Crippen LogP contribution in [0.4, 0.5) is 0 Å². The molecule has 8 nitrogen and oxygen atoms in total. The Hall–Kier alpha value is -5.55. The molecule has 381 valence electrons. The van der Waals surface area contributed by atoms with Gasteiger partial charge >= 0.3 is 19.5 Å². The van der Waals surface area contributed by atoms with Crippen LogP contribution in [0.1, 0.15) is 171 Å². The van der Waals surface area contributed by atoms with Crippen molar-refractivity contribution in [3.8, 4) is 39.6 Å². The summed E-state index contributed by atoms with van der Waals surface area (Å²) in [5.74, 6) is 0.724. The molecule has 0 unspecified atom stereocenters. The van der Waals surface area contributed by atoms with Gasteiger partial charge in [-0.2, -0.15) is 6.42 Å². The SMILES string of the molecule is C1=Cc2cc3c(-c4ccccn4)c(-c4ccccn4)c(c(-c4ccccn4)c4nc(cc5ccc(cc1n2)[nH]5)C=C4)n3-c1ccccn1.[CH2-]CCCCCCCCCCCCCCCCCCCCCCC.[Ru+].[Zn]. The molecule has 1 radical (unpaired) electrons. The maximum absolute atomic E-state index is 5.19. The molecule has 8 bridgehead atoms. The van der Waals surface area contributed by atoms with E-state index in [2.05, 4.69) is 35.5 Å². The van der Waals surface area contributed by atoms with Crippen LogP contribution in [0.2, 0.25) is 0 Å². The minimum Gasteiger partial charge on any atom is -0.355 e. The number of nitrogens with one attached hydrogen (secondary N) is 1. The Morgan fingerprint density at radius 3 is 1.31 bits per heavy atom. The first kappa shape index (κ1) is 57.7. The van der Waals surface area contributed by atoms with Crippen LogP contribution in [0.3, 0.4) is 0 Å². The average molecular weight is 1120 g/mol. The largest absolute Gasteiger partial charge is 1.00 e. The second kappa shape index (κ2) is 32.0. The molecule has 0 saturated carbocycles. The summed E-state index contributed by atoms with van der Waals surface area (Å²) in [5, 5.41) is 0. The average Bonchev–Trinajstić information content (AvgIpc) is 4.25. The summed E-state index contributed by atoms with van der Waals surface area (Å²) in [6.07, 6.45) is 47.2. The summed E-state index contributed by atoms with van der Waals surface area (Å²) in [5.41, 5.74) is 11.8. The molecule has 2 aliphatic rings. The Morgan fingerprint density at radius 1 is 0.432 bits per heavy atom. The quantitative estimate of drug-likeness (QED) is 0.0348. The van der Waals surface area contributed by atoms with Crippen LogP contribution < -0.4 is 0 Å². The van der Waals surface area contributed by atoms with E-state index >= 15 is 0 Å². The zero-order valence-corrected chi connectivity index (χ0v) is 48.6.